The highest BCUT2D eigenvalue weighted by atomic mass is 35.5. The van der Waals surface area contributed by atoms with E-state index in [-0.39, 0.29) is 5.78 Å². The van der Waals surface area contributed by atoms with Gasteiger partial charge in [-0.3, -0.25) is 4.79 Å². The average Bonchev–Trinajstić information content (AvgIpc) is 2.15. The Morgan fingerprint density at radius 2 is 2.00 bits per heavy atom. The molecule has 0 N–H and O–H groups in total. The van der Waals surface area contributed by atoms with E-state index in [1.54, 1.807) is 6.92 Å². The second-order valence-electron chi connectivity index (χ2n) is 3.88. The number of rotatable bonds is 3. The second kappa shape index (κ2) is 4.67. The molecule has 1 aromatic rings. The highest BCUT2D eigenvalue weighted by Crippen LogP contribution is 2.20. The number of aryl methyl sites for hydroxylation is 1. The van der Waals surface area contributed by atoms with Gasteiger partial charge in [-0.2, -0.15) is 0 Å². The molecule has 0 aliphatic carbocycles. The Kier molecular flexibility index (Phi) is 3.75. The van der Waals surface area contributed by atoms with Gasteiger partial charge in [0.2, 0.25) is 0 Å². The Balaban J connectivity index is 3.07. The van der Waals surface area contributed by atoms with E-state index >= 15 is 0 Å². The Hall–Kier alpha value is -1.02. The predicted octanol–water partition coefficient (Wildman–Crippen LogP) is 2.87. The van der Waals surface area contributed by atoms with Crippen LogP contribution < -0.4 is 4.90 Å². The quantitative estimate of drug-likeness (QED) is 0.583. The first kappa shape index (κ1) is 12.1. The molecule has 0 spiro atoms. The Morgan fingerprint density at radius 1 is 1.40 bits per heavy atom. The zero-order valence-corrected chi connectivity index (χ0v) is 10.3. The minimum Gasteiger partial charge on any atom is -0.377 e. The Labute approximate surface area is 95.8 Å². The third-order valence-corrected chi connectivity index (χ3v) is 2.52. The van der Waals surface area contributed by atoms with Crippen LogP contribution in [0.25, 0.3) is 0 Å². The molecule has 2 nitrogen and oxygen atoms in total. The fourth-order valence-corrected chi connectivity index (χ4v) is 1.67. The standard InChI is InChI=1S/C12H16ClNO/c1-8-7-10(12(15)9(2)13)5-6-11(8)14(3)4/h5-7,9H,1-4H3. The third-order valence-electron chi connectivity index (χ3n) is 2.32. The van der Waals surface area contributed by atoms with Crippen LogP contribution in [0.5, 0.6) is 0 Å². The first-order valence-electron chi connectivity index (χ1n) is 4.89. The molecule has 3 heteroatoms. The number of anilines is 1. The number of hydrogen-bond acceptors (Lipinski definition) is 2. The maximum Gasteiger partial charge on any atom is 0.180 e. The lowest BCUT2D eigenvalue weighted by molar-refractivity contribution is 0.0991. The summed E-state index contributed by atoms with van der Waals surface area (Å²) in [6.07, 6.45) is 0. The molecule has 1 rings (SSSR count). The molecule has 0 radical (unpaired) electrons. The van der Waals surface area contributed by atoms with Crippen molar-refractivity contribution in [1.82, 2.24) is 0 Å². The second-order valence-corrected chi connectivity index (χ2v) is 4.53. The van der Waals surface area contributed by atoms with Crippen LogP contribution >= 0.6 is 11.6 Å². The van der Waals surface area contributed by atoms with E-state index in [4.69, 9.17) is 11.6 Å². The third kappa shape index (κ3) is 2.72. The Bertz CT molecular complexity index is 372. The number of nitrogens with zero attached hydrogens (tertiary/aromatic N) is 1. The topological polar surface area (TPSA) is 20.3 Å². The van der Waals surface area contributed by atoms with Crippen molar-refractivity contribution in [2.45, 2.75) is 19.2 Å². The maximum atomic E-state index is 11.6. The number of carbonyl (C=O) groups excluding carboxylic acids is 1. The van der Waals surface area contributed by atoms with Crippen LogP contribution in [0.4, 0.5) is 5.69 Å². The Morgan fingerprint density at radius 3 is 2.40 bits per heavy atom. The first-order valence-corrected chi connectivity index (χ1v) is 5.33. The fraction of sp³-hybridized carbons (Fsp3) is 0.417. The lowest BCUT2D eigenvalue weighted by Gasteiger charge is -2.16. The van der Waals surface area contributed by atoms with Crippen molar-refractivity contribution in [3.8, 4) is 0 Å². The number of alkyl halides is 1. The maximum absolute atomic E-state index is 11.6. The summed E-state index contributed by atoms with van der Waals surface area (Å²) in [5, 5.41) is -0.463. The van der Waals surface area contributed by atoms with Gasteiger partial charge in [-0.1, -0.05) is 0 Å². The lowest BCUT2D eigenvalue weighted by Crippen LogP contribution is -2.13. The van der Waals surface area contributed by atoms with Gasteiger partial charge in [-0.15, -0.1) is 11.6 Å². The van der Waals surface area contributed by atoms with Crippen LogP contribution in [0.2, 0.25) is 0 Å². The summed E-state index contributed by atoms with van der Waals surface area (Å²) in [5.74, 6) is -0.0231. The minimum atomic E-state index is -0.463. The van der Waals surface area contributed by atoms with Gasteiger partial charge in [0.05, 0.1) is 5.38 Å². The van der Waals surface area contributed by atoms with E-state index in [1.807, 2.05) is 44.1 Å². The van der Waals surface area contributed by atoms with Crippen LogP contribution in [-0.4, -0.2) is 25.3 Å². The zero-order chi connectivity index (χ0) is 11.6. The largest absolute Gasteiger partial charge is 0.377 e. The van der Waals surface area contributed by atoms with Crippen molar-refractivity contribution in [1.29, 1.82) is 0 Å². The normalized spacial score (nSPS) is 12.3. The van der Waals surface area contributed by atoms with Gasteiger partial charge < -0.3 is 4.90 Å². The summed E-state index contributed by atoms with van der Waals surface area (Å²) in [6.45, 7) is 3.68. The molecule has 1 aromatic carbocycles. The van der Waals surface area contributed by atoms with Gasteiger partial charge in [-0.25, -0.2) is 0 Å². The minimum absolute atomic E-state index is 0.0231. The highest BCUT2D eigenvalue weighted by Gasteiger charge is 2.13. The molecule has 1 atom stereocenters. The van der Waals surface area contributed by atoms with Crippen LogP contribution in [0.15, 0.2) is 18.2 Å². The van der Waals surface area contributed by atoms with Crippen molar-refractivity contribution in [2.24, 2.45) is 0 Å². The lowest BCUT2D eigenvalue weighted by atomic mass is 10.0. The van der Waals surface area contributed by atoms with Crippen molar-refractivity contribution < 1.29 is 4.79 Å². The van der Waals surface area contributed by atoms with E-state index in [9.17, 15) is 4.79 Å². The molecule has 0 aliphatic heterocycles. The molecular weight excluding hydrogens is 210 g/mol. The number of ketones is 1. The van der Waals surface area contributed by atoms with Crippen LogP contribution in [-0.2, 0) is 0 Å². The van der Waals surface area contributed by atoms with E-state index in [1.165, 1.54) is 0 Å². The van der Waals surface area contributed by atoms with Crippen LogP contribution in [0, 0.1) is 6.92 Å². The van der Waals surface area contributed by atoms with Gasteiger partial charge >= 0.3 is 0 Å². The monoisotopic (exact) mass is 225 g/mol. The molecule has 0 aliphatic rings. The smallest absolute Gasteiger partial charge is 0.180 e. The number of halogens is 1. The summed E-state index contributed by atoms with van der Waals surface area (Å²) in [6, 6.07) is 5.65. The molecule has 15 heavy (non-hydrogen) atoms. The van der Waals surface area contributed by atoms with E-state index < -0.39 is 5.38 Å². The molecule has 82 valence electrons. The fourth-order valence-electron chi connectivity index (χ4n) is 1.54. The van der Waals surface area contributed by atoms with Crippen LogP contribution in [0.1, 0.15) is 22.8 Å². The van der Waals surface area contributed by atoms with E-state index in [2.05, 4.69) is 0 Å². The number of hydrogen-bond donors (Lipinski definition) is 0. The predicted molar refractivity (Wildman–Crippen MR) is 65.2 cm³/mol. The average molecular weight is 226 g/mol. The highest BCUT2D eigenvalue weighted by molar-refractivity contribution is 6.33. The first-order chi connectivity index (χ1) is 6.93. The molecule has 0 aromatic heterocycles. The van der Waals surface area contributed by atoms with Crippen molar-refractivity contribution in [3.63, 3.8) is 0 Å². The van der Waals surface area contributed by atoms with Gasteiger partial charge in [0.1, 0.15) is 0 Å². The summed E-state index contributed by atoms with van der Waals surface area (Å²) in [7, 11) is 3.96. The molecule has 0 saturated carbocycles. The molecule has 0 bridgehead atoms. The number of benzene rings is 1. The van der Waals surface area contributed by atoms with Gasteiger partial charge in [0.15, 0.2) is 5.78 Å². The molecule has 0 amide bonds. The van der Waals surface area contributed by atoms with Crippen molar-refractivity contribution in [2.75, 3.05) is 19.0 Å². The molecule has 0 fully saturated rings. The van der Waals surface area contributed by atoms with Gasteiger partial charge in [-0.05, 0) is 37.6 Å². The van der Waals surface area contributed by atoms with Crippen LogP contribution in [0.3, 0.4) is 0 Å². The summed E-state index contributed by atoms with van der Waals surface area (Å²) in [5.41, 5.74) is 2.89. The van der Waals surface area contributed by atoms with Gasteiger partial charge in [0, 0.05) is 25.3 Å². The summed E-state index contributed by atoms with van der Waals surface area (Å²) in [4.78, 5) is 13.7. The van der Waals surface area contributed by atoms with E-state index in [0.717, 1.165) is 11.3 Å². The number of carbonyl (C=O) groups is 1. The number of Topliss-reactive ketones (excluding diaryl/α,β-unsaturated/α-hetero) is 1. The van der Waals surface area contributed by atoms with Gasteiger partial charge in [0.25, 0.3) is 0 Å². The zero-order valence-electron chi connectivity index (χ0n) is 9.54. The molecule has 0 saturated heterocycles. The molecule has 1 unspecified atom stereocenters. The van der Waals surface area contributed by atoms with Crippen molar-refractivity contribution in [3.05, 3.63) is 29.3 Å². The SMILES string of the molecule is Cc1cc(C(=O)C(C)Cl)ccc1N(C)C. The van der Waals surface area contributed by atoms with E-state index in [0.29, 0.717) is 5.56 Å². The molecular formula is C12H16ClNO. The molecule has 0 heterocycles. The summed E-state index contributed by atoms with van der Waals surface area (Å²) >= 11 is 5.76. The van der Waals surface area contributed by atoms with Crippen molar-refractivity contribution >= 4 is 23.1 Å². The summed E-state index contributed by atoms with van der Waals surface area (Å²) < 4.78 is 0.